The van der Waals surface area contributed by atoms with Crippen LogP contribution < -0.4 is 5.73 Å². The first kappa shape index (κ1) is 10.8. The average Bonchev–Trinajstić information content (AvgIpc) is 2.41. The van der Waals surface area contributed by atoms with E-state index in [1.807, 2.05) is 0 Å². The molecule has 0 unspecified atom stereocenters. The Morgan fingerprint density at radius 2 is 1.87 bits per heavy atom. The summed E-state index contributed by atoms with van der Waals surface area (Å²) in [6.45, 7) is -0.397. The quantitative estimate of drug-likeness (QED) is 0.717. The molecule has 86 valence electrons. The van der Waals surface area contributed by atoms with Crippen LogP contribution in [-0.4, -0.2) is 35.4 Å². The Bertz CT molecular complexity index is 262. The van der Waals surface area contributed by atoms with E-state index < -0.39 is 24.8 Å². The molecule has 1 saturated carbocycles. The number of hydrogen-bond acceptors (Lipinski definition) is 2. The van der Waals surface area contributed by atoms with Crippen LogP contribution in [0.1, 0.15) is 32.1 Å². The molecule has 0 bridgehead atoms. The van der Waals surface area contributed by atoms with E-state index in [9.17, 15) is 13.6 Å². The Kier molecular flexibility index (Phi) is 2.66. The molecule has 0 aromatic heterocycles. The second kappa shape index (κ2) is 3.70. The normalized spacial score (nSPS) is 35.9. The van der Waals surface area contributed by atoms with Crippen LogP contribution in [0.15, 0.2) is 0 Å². The van der Waals surface area contributed by atoms with Gasteiger partial charge in [0.2, 0.25) is 5.91 Å². The van der Waals surface area contributed by atoms with Crippen LogP contribution in [-0.2, 0) is 4.79 Å². The molecule has 2 fully saturated rings. The molecular weight excluding hydrogens is 202 g/mol. The minimum atomic E-state index is -2.82. The summed E-state index contributed by atoms with van der Waals surface area (Å²) in [6, 6.07) is 0.171. The zero-order chi connectivity index (χ0) is 11.1. The molecule has 0 aromatic carbocycles. The molecule has 0 atom stereocenters. The third-order valence-corrected chi connectivity index (χ3v) is 3.31. The summed E-state index contributed by atoms with van der Waals surface area (Å²) in [5, 5.41) is 0. The van der Waals surface area contributed by atoms with E-state index in [1.54, 1.807) is 0 Å². The Labute approximate surface area is 87.6 Å². The molecule has 5 heteroatoms. The molecule has 1 aliphatic heterocycles. The molecule has 3 nitrogen and oxygen atoms in total. The van der Waals surface area contributed by atoms with Gasteiger partial charge in [-0.05, 0) is 25.7 Å². The molecule has 0 aromatic rings. The average molecular weight is 218 g/mol. The van der Waals surface area contributed by atoms with Gasteiger partial charge in [-0.15, -0.1) is 0 Å². The number of carbonyl (C=O) groups is 1. The van der Waals surface area contributed by atoms with E-state index in [-0.39, 0.29) is 12.1 Å². The predicted molar refractivity (Wildman–Crippen MR) is 51.5 cm³/mol. The van der Waals surface area contributed by atoms with Gasteiger partial charge in [0.05, 0.1) is 13.0 Å². The monoisotopic (exact) mass is 218 g/mol. The van der Waals surface area contributed by atoms with Crippen molar-refractivity contribution in [1.82, 2.24) is 4.90 Å². The molecule has 1 heterocycles. The first-order valence-corrected chi connectivity index (χ1v) is 5.41. The van der Waals surface area contributed by atoms with Crippen molar-refractivity contribution in [2.24, 2.45) is 5.73 Å². The third-order valence-electron chi connectivity index (χ3n) is 3.31. The summed E-state index contributed by atoms with van der Waals surface area (Å²) in [5.74, 6) is -3.23. The van der Waals surface area contributed by atoms with Crippen molar-refractivity contribution in [2.45, 2.75) is 50.1 Å². The first-order valence-electron chi connectivity index (χ1n) is 5.41. The van der Waals surface area contributed by atoms with Crippen LogP contribution in [0, 0.1) is 0 Å². The zero-order valence-corrected chi connectivity index (χ0v) is 8.59. The van der Waals surface area contributed by atoms with Crippen LogP contribution in [0.3, 0.4) is 0 Å². The lowest BCUT2D eigenvalue weighted by atomic mass is 9.91. The van der Waals surface area contributed by atoms with Crippen LogP contribution in [0.4, 0.5) is 8.78 Å². The maximum atomic E-state index is 13.0. The summed E-state index contributed by atoms with van der Waals surface area (Å²) in [7, 11) is 0. The highest BCUT2D eigenvalue weighted by Gasteiger charge is 2.46. The fourth-order valence-corrected chi connectivity index (χ4v) is 2.46. The standard InChI is InChI=1S/C10H16F2N2O/c11-10(12)5-9(15)14(6-10)8-3-1-7(13)2-4-8/h7-8H,1-6,13H2/t7-,8-. The number of carbonyl (C=O) groups excluding carboxylic acids is 1. The van der Waals surface area contributed by atoms with Gasteiger partial charge in [-0.2, -0.15) is 0 Å². The van der Waals surface area contributed by atoms with Crippen molar-refractivity contribution < 1.29 is 13.6 Å². The largest absolute Gasteiger partial charge is 0.333 e. The molecular formula is C10H16F2N2O. The van der Waals surface area contributed by atoms with Gasteiger partial charge in [0.1, 0.15) is 0 Å². The van der Waals surface area contributed by atoms with Gasteiger partial charge in [0, 0.05) is 12.1 Å². The smallest absolute Gasteiger partial charge is 0.274 e. The number of alkyl halides is 2. The molecule has 1 aliphatic carbocycles. The van der Waals surface area contributed by atoms with Crippen LogP contribution in [0.2, 0.25) is 0 Å². The topological polar surface area (TPSA) is 46.3 Å². The van der Waals surface area contributed by atoms with Crippen molar-refractivity contribution in [2.75, 3.05) is 6.54 Å². The van der Waals surface area contributed by atoms with Crippen molar-refractivity contribution in [3.8, 4) is 0 Å². The number of likely N-dealkylation sites (tertiary alicyclic amines) is 1. The SMILES string of the molecule is N[C@H]1CC[C@H](N2CC(F)(F)CC2=O)CC1. The fourth-order valence-electron chi connectivity index (χ4n) is 2.46. The van der Waals surface area contributed by atoms with E-state index in [2.05, 4.69) is 0 Å². The molecule has 15 heavy (non-hydrogen) atoms. The van der Waals surface area contributed by atoms with Gasteiger partial charge in [-0.1, -0.05) is 0 Å². The van der Waals surface area contributed by atoms with E-state index in [4.69, 9.17) is 5.73 Å². The lowest BCUT2D eigenvalue weighted by Gasteiger charge is -2.33. The molecule has 0 spiro atoms. The summed E-state index contributed by atoms with van der Waals surface area (Å²) in [6.07, 6.45) is 2.58. The van der Waals surface area contributed by atoms with Crippen LogP contribution >= 0.6 is 0 Å². The first-order chi connectivity index (χ1) is 6.98. The van der Waals surface area contributed by atoms with E-state index >= 15 is 0 Å². The molecule has 2 aliphatic rings. The maximum absolute atomic E-state index is 13.0. The Balaban J connectivity index is 1.97. The number of hydrogen-bond donors (Lipinski definition) is 1. The van der Waals surface area contributed by atoms with Gasteiger partial charge >= 0.3 is 0 Å². The molecule has 1 saturated heterocycles. The summed E-state index contributed by atoms with van der Waals surface area (Å²) >= 11 is 0. The minimum absolute atomic E-state index is 0.00863. The highest BCUT2D eigenvalue weighted by atomic mass is 19.3. The lowest BCUT2D eigenvalue weighted by Crippen LogP contribution is -2.42. The van der Waals surface area contributed by atoms with Gasteiger partial charge in [-0.25, -0.2) is 8.78 Å². The minimum Gasteiger partial charge on any atom is -0.333 e. The number of amides is 1. The highest BCUT2D eigenvalue weighted by molar-refractivity contribution is 5.80. The fraction of sp³-hybridized carbons (Fsp3) is 0.900. The number of nitrogens with zero attached hydrogens (tertiary/aromatic N) is 1. The third kappa shape index (κ3) is 2.27. The van der Waals surface area contributed by atoms with Crippen molar-refractivity contribution in [1.29, 1.82) is 0 Å². The van der Waals surface area contributed by atoms with Crippen molar-refractivity contribution in [3.63, 3.8) is 0 Å². The molecule has 2 rings (SSSR count). The van der Waals surface area contributed by atoms with E-state index in [0.717, 1.165) is 25.7 Å². The van der Waals surface area contributed by atoms with Crippen LogP contribution in [0.25, 0.3) is 0 Å². The Hall–Kier alpha value is -0.710. The number of rotatable bonds is 1. The second-order valence-corrected chi connectivity index (χ2v) is 4.62. The molecule has 1 amide bonds. The Morgan fingerprint density at radius 1 is 1.27 bits per heavy atom. The van der Waals surface area contributed by atoms with Crippen molar-refractivity contribution >= 4 is 5.91 Å². The summed E-state index contributed by atoms with van der Waals surface area (Å²) in [4.78, 5) is 12.7. The van der Waals surface area contributed by atoms with Gasteiger partial charge in [0.15, 0.2) is 0 Å². The summed E-state index contributed by atoms with van der Waals surface area (Å²) in [5.41, 5.74) is 5.73. The predicted octanol–water partition coefficient (Wildman–Crippen LogP) is 1.12. The maximum Gasteiger partial charge on any atom is 0.274 e. The molecule has 0 radical (unpaired) electrons. The van der Waals surface area contributed by atoms with E-state index in [0.29, 0.717) is 0 Å². The summed E-state index contributed by atoms with van der Waals surface area (Å²) < 4.78 is 26.0. The molecule has 2 N–H and O–H groups in total. The van der Waals surface area contributed by atoms with Gasteiger partial charge in [0.25, 0.3) is 5.92 Å². The lowest BCUT2D eigenvalue weighted by molar-refractivity contribution is -0.130. The van der Waals surface area contributed by atoms with Gasteiger partial charge in [-0.3, -0.25) is 4.79 Å². The second-order valence-electron chi connectivity index (χ2n) is 4.62. The Morgan fingerprint density at radius 3 is 2.33 bits per heavy atom. The van der Waals surface area contributed by atoms with Crippen LogP contribution in [0.5, 0.6) is 0 Å². The number of nitrogens with two attached hydrogens (primary N) is 1. The van der Waals surface area contributed by atoms with E-state index in [1.165, 1.54) is 4.90 Å². The highest BCUT2D eigenvalue weighted by Crippen LogP contribution is 2.33. The van der Waals surface area contributed by atoms with Gasteiger partial charge < -0.3 is 10.6 Å². The zero-order valence-electron chi connectivity index (χ0n) is 8.59. The van der Waals surface area contributed by atoms with Crippen molar-refractivity contribution in [3.05, 3.63) is 0 Å². The number of halogens is 2.